The normalized spacial score (nSPS) is 19.9. The summed E-state index contributed by atoms with van der Waals surface area (Å²) in [5, 5.41) is 0. The van der Waals surface area contributed by atoms with E-state index in [0.717, 1.165) is 11.4 Å². The van der Waals surface area contributed by atoms with Gasteiger partial charge in [-0.1, -0.05) is 144 Å². The number of nitrogens with zero attached hydrogens (tertiary/aromatic N) is 2. The van der Waals surface area contributed by atoms with E-state index in [9.17, 15) is 0 Å². The van der Waals surface area contributed by atoms with E-state index < -0.39 is 0 Å². The van der Waals surface area contributed by atoms with Gasteiger partial charge >= 0.3 is 0 Å². The predicted octanol–water partition coefficient (Wildman–Crippen LogP) is 13.5. The fraction of sp³-hybridized carbons (Fsp3) is 0.250. The highest BCUT2D eigenvalue weighted by molar-refractivity contribution is 5.86. The largest absolute Gasteiger partial charge is 0.334 e. The lowest BCUT2D eigenvalue weighted by atomic mass is 9.61. The number of anilines is 5. The zero-order valence-electron chi connectivity index (χ0n) is 30.2. The van der Waals surface area contributed by atoms with E-state index in [0.29, 0.717) is 0 Å². The maximum Gasteiger partial charge on any atom is 0.0517 e. The maximum absolute atomic E-state index is 2.72. The third-order valence-electron chi connectivity index (χ3n) is 11.7. The summed E-state index contributed by atoms with van der Waals surface area (Å²) in [7, 11) is 0. The number of fused-ring (bicyclic) bond motifs is 3. The first-order valence-electron chi connectivity index (χ1n) is 18.3. The zero-order chi connectivity index (χ0) is 34.5. The Hall–Kier alpha value is -5.08. The van der Waals surface area contributed by atoms with Gasteiger partial charge in [0.25, 0.3) is 0 Å². The van der Waals surface area contributed by atoms with Gasteiger partial charge in [-0.15, -0.1) is 0 Å². The molecule has 0 bridgehead atoms. The molecule has 0 amide bonds. The van der Waals surface area contributed by atoms with Crippen molar-refractivity contribution in [2.24, 2.45) is 0 Å². The van der Waals surface area contributed by atoms with Crippen LogP contribution in [0.3, 0.4) is 0 Å². The molecule has 0 saturated heterocycles. The highest BCUT2D eigenvalue weighted by atomic mass is 15.3. The predicted molar refractivity (Wildman–Crippen MR) is 214 cm³/mol. The van der Waals surface area contributed by atoms with Crippen LogP contribution in [0.1, 0.15) is 71.4 Å². The second-order valence-corrected chi connectivity index (χ2v) is 15.8. The summed E-state index contributed by atoms with van der Waals surface area (Å²) in [5.74, 6) is 0. The van der Waals surface area contributed by atoms with Crippen LogP contribution in [0.15, 0.2) is 152 Å². The lowest BCUT2D eigenvalue weighted by molar-refractivity contribution is 0.195. The van der Waals surface area contributed by atoms with Crippen LogP contribution < -0.4 is 9.80 Å². The Kier molecular flexibility index (Phi) is 7.94. The molecule has 6 aromatic rings. The molecule has 2 aliphatic rings. The molecule has 250 valence electrons. The molecule has 1 aliphatic heterocycles. The minimum absolute atomic E-state index is 0.0198. The molecule has 0 spiro atoms. The summed E-state index contributed by atoms with van der Waals surface area (Å²) in [6.45, 7) is 12.1. The topological polar surface area (TPSA) is 6.48 Å². The molecule has 1 heterocycles. The molecular formula is C48H48N2. The van der Waals surface area contributed by atoms with Crippen molar-refractivity contribution < 1.29 is 0 Å². The van der Waals surface area contributed by atoms with E-state index in [-0.39, 0.29) is 16.4 Å². The van der Waals surface area contributed by atoms with Crippen molar-refractivity contribution in [3.8, 4) is 22.3 Å². The quantitative estimate of drug-likeness (QED) is 0.177. The van der Waals surface area contributed by atoms with Gasteiger partial charge in [-0.25, -0.2) is 0 Å². The van der Waals surface area contributed by atoms with Gasteiger partial charge in [-0.2, -0.15) is 0 Å². The van der Waals surface area contributed by atoms with Crippen LogP contribution in [0.2, 0.25) is 0 Å². The van der Waals surface area contributed by atoms with Crippen molar-refractivity contribution in [1.29, 1.82) is 0 Å². The van der Waals surface area contributed by atoms with Crippen LogP contribution in [0.4, 0.5) is 28.4 Å². The van der Waals surface area contributed by atoms with Gasteiger partial charge in [0.1, 0.15) is 0 Å². The molecule has 2 atom stereocenters. The molecule has 1 aliphatic carbocycles. The highest BCUT2D eigenvalue weighted by Crippen LogP contribution is 2.61. The van der Waals surface area contributed by atoms with E-state index >= 15 is 0 Å². The van der Waals surface area contributed by atoms with Gasteiger partial charge in [-0.3, -0.25) is 0 Å². The van der Waals surface area contributed by atoms with Crippen molar-refractivity contribution in [1.82, 2.24) is 0 Å². The molecule has 0 radical (unpaired) electrons. The van der Waals surface area contributed by atoms with Gasteiger partial charge < -0.3 is 9.80 Å². The minimum atomic E-state index is -0.0514. The standard InChI is InChI=1S/C48H48N2/c1-46(2,3)39-32-42(34-43(33-39)50-45-27-13-12-26-44(45)47(4)28-14-15-29-48(47,50)5)49(40-24-16-22-37(30-40)35-18-8-6-9-19-35)41-25-17-23-38(31-41)36-20-10-7-11-21-36/h6-13,16-27,30-34H,14-15,28-29H2,1-5H3. The smallest absolute Gasteiger partial charge is 0.0517 e. The molecule has 0 N–H and O–H groups in total. The van der Waals surface area contributed by atoms with Crippen molar-refractivity contribution in [2.45, 2.75) is 76.7 Å². The van der Waals surface area contributed by atoms with Crippen molar-refractivity contribution in [2.75, 3.05) is 9.80 Å². The number of para-hydroxylation sites is 1. The van der Waals surface area contributed by atoms with Crippen LogP contribution in [0.5, 0.6) is 0 Å². The van der Waals surface area contributed by atoms with Crippen molar-refractivity contribution in [3.05, 3.63) is 163 Å². The molecule has 2 unspecified atom stereocenters. The van der Waals surface area contributed by atoms with Crippen LogP contribution in [0, 0.1) is 0 Å². The molecule has 2 heteroatoms. The van der Waals surface area contributed by atoms with Crippen LogP contribution >= 0.6 is 0 Å². The monoisotopic (exact) mass is 652 g/mol. The van der Waals surface area contributed by atoms with Gasteiger partial charge in [-0.05, 0) is 107 Å². The first kappa shape index (κ1) is 32.1. The molecule has 1 saturated carbocycles. The first-order valence-corrected chi connectivity index (χ1v) is 18.3. The SMILES string of the molecule is CC(C)(C)c1cc(N(c2cccc(-c3ccccc3)c2)c2cccc(-c3ccccc3)c2)cc(N2c3ccccc3C3(C)CCCCC23C)c1. The van der Waals surface area contributed by atoms with Crippen LogP contribution in [-0.2, 0) is 10.8 Å². The van der Waals surface area contributed by atoms with Crippen molar-refractivity contribution in [3.63, 3.8) is 0 Å². The summed E-state index contributed by atoms with van der Waals surface area (Å²) < 4.78 is 0. The first-order chi connectivity index (χ1) is 24.2. The minimum Gasteiger partial charge on any atom is -0.334 e. The third kappa shape index (κ3) is 5.42. The van der Waals surface area contributed by atoms with Crippen molar-refractivity contribution >= 4 is 28.4 Å². The number of hydrogen-bond donors (Lipinski definition) is 0. The van der Waals surface area contributed by atoms with Gasteiger partial charge in [0, 0.05) is 33.9 Å². The van der Waals surface area contributed by atoms with Gasteiger partial charge in [0.05, 0.1) is 5.54 Å². The fourth-order valence-corrected chi connectivity index (χ4v) is 8.75. The average Bonchev–Trinajstić information content (AvgIpc) is 3.35. The van der Waals surface area contributed by atoms with Gasteiger partial charge in [0.15, 0.2) is 0 Å². The Morgan fingerprint density at radius 2 is 1.06 bits per heavy atom. The van der Waals surface area contributed by atoms with E-state index in [2.05, 4.69) is 196 Å². The number of benzene rings is 6. The second kappa shape index (κ2) is 12.4. The Morgan fingerprint density at radius 1 is 0.520 bits per heavy atom. The molecule has 1 fully saturated rings. The Morgan fingerprint density at radius 3 is 1.66 bits per heavy atom. The maximum atomic E-state index is 2.72. The third-order valence-corrected chi connectivity index (χ3v) is 11.7. The highest BCUT2D eigenvalue weighted by Gasteiger charge is 2.57. The molecule has 6 aromatic carbocycles. The fourth-order valence-electron chi connectivity index (χ4n) is 8.75. The lowest BCUT2D eigenvalue weighted by Gasteiger charge is -2.50. The summed E-state index contributed by atoms with van der Waals surface area (Å²) in [6, 6.07) is 56.1. The van der Waals surface area contributed by atoms with Crippen LogP contribution in [0.25, 0.3) is 22.3 Å². The van der Waals surface area contributed by atoms with E-state index in [1.165, 1.54) is 76.1 Å². The van der Waals surface area contributed by atoms with Crippen LogP contribution in [-0.4, -0.2) is 5.54 Å². The second-order valence-electron chi connectivity index (χ2n) is 15.8. The summed E-state index contributed by atoms with van der Waals surface area (Å²) in [4.78, 5) is 5.20. The average molecular weight is 653 g/mol. The lowest BCUT2D eigenvalue weighted by Crippen LogP contribution is -2.54. The Labute approximate surface area is 299 Å². The molecular weight excluding hydrogens is 605 g/mol. The number of rotatable bonds is 6. The molecule has 50 heavy (non-hydrogen) atoms. The molecule has 8 rings (SSSR count). The molecule has 0 aromatic heterocycles. The summed E-state index contributed by atoms with van der Waals surface area (Å²) in [5.41, 5.74) is 13.8. The van der Waals surface area contributed by atoms with Gasteiger partial charge in [0.2, 0.25) is 0 Å². The number of hydrogen-bond acceptors (Lipinski definition) is 2. The van der Waals surface area contributed by atoms with E-state index in [1.807, 2.05) is 0 Å². The summed E-state index contributed by atoms with van der Waals surface area (Å²) >= 11 is 0. The van der Waals surface area contributed by atoms with E-state index in [4.69, 9.17) is 0 Å². The Bertz CT molecular complexity index is 2060. The summed E-state index contributed by atoms with van der Waals surface area (Å²) in [6.07, 6.45) is 4.93. The molecule has 2 nitrogen and oxygen atoms in total. The zero-order valence-corrected chi connectivity index (χ0v) is 30.2. The van der Waals surface area contributed by atoms with E-state index in [1.54, 1.807) is 0 Å². The Balaban J connectivity index is 1.37.